The molecule has 32 heavy (non-hydrogen) atoms. The lowest BCUT2D eigenvalue weighted by molar-refractivity contribution is 0.137. The number of ether oxygens (including phenoxy) is 1. The third kappa shape index (κ3) is 5.79. The highest BCUT2D eigenvalue weighted by Gasteiger charge is 2.23. The topological polar surface area (TPSA) is 60.9 Å². The highest BCUT2D eigenvalue weighted by atomic mass is 32.1. The maximum Gasteiger partial charge on any atom is 0.323 e. The van der Waals surface area contributed by atoms with Crippen LogP contribution in [-0.4, -0.2) is 85.2 Å². The molecule has 0 saturated carbocycles. The van der Waals surface area contributed by atoms with Crippen LogP contribution in [0, 0.1) is 0 Å². The summed E-state index contributed by atoms with van der Waals surface area (Å²) in [4.78, 5) is 24.4. The highest BCUT2D eigenvalue weighted by molar-refractivity contribution is 7.14. The Labute approximate surface area is 195 Å². The average molecular weight is 458 g/mol. The second-order valence-electron chi connectivity index (χ2n) is 8.63. The van der Waals surface area contributed by atoms with E-state index in [1.165, 1.54) is 42.8 Å². The van der Waals surface area contributed by atoms with Crippen LogP contribution in [0.1, 0.15) is 31.7 Å². The zero-order valence-electron chi connectivity index (χ0n) is 19.3. The second-order valence-corrected chi connectivity index (χ2v) is 9.49. The van der Waals surface area contributed by atoms with Gasteiger partial charge < -0.3 is 14.5 Å². The van der Waals surface area contributed by atoms with Crippen molar-refractivity contribution < 1.29 is 9.53 Å². The highest BCUT2D eigenvalue weighted by Crippen LogP contribution is 2.33. The molecule has 7 nitrogen and oxygen atoms in total. The van der Waals surface area contributed by atoms with Gasteiger partial charge in [0.05, 0.1) is 12.8 Å². The molecule has 3 heterocycles. The van der Waals surface area contributed by atoms with Crippen molar-refractivity contribution in [1.82, 2.24) is 19.7 Å². The van der Waals surface area contributed by atoms with Gasteiger partial charge in [0.15, 0.2) is 5.13 Å². The second kappa shape index (κ2) is 11.1. The van der Waals surface area contributed by atoms with Crippen LogP contribution in [0.3, 0.4) is 0 Å². The number of likely N-dealkylation sites (tertiary alicyclic amines) is 1. The van der Waals surface area contributed by atoms with Gasteiger partial charge in [-0.2, -0.15) is 0 Å². The number of carbonyl (C=O) groups excluding carboxylic acids is 1. The fraction of sp³-hybridized carbons (Fsp3) is 0.583. The fourth-order valence-electron chi connectivity index (χ4n) is 4.49. The predicted octanol–water partition coefficient (Wildman–Crippen LogP) is 4.02. The maximum atomic E-state index is 12.8. The van der Waals surface area contributed by atoms with Crippen molar-refractivity contribution in [3.63, 3.8) is 0 Å². The molecule has 2 saturated heterocycles. The van der Waals surface area contributed by atoms with Crippen molar-refractivity contribution >= 4 is 22.5 Å². The number of methoxy groups -OCH3 is 1. The van der Waals surface area contributed by atoms with Gasteiger partial charge in [-0.05, 0) is 50.0 Å². The number of nitrogens with zero attached hydrogens (tertiary/aromatic N) is 4. The summed E-state index contributed by atoms with van der Waals surface area (Å²) >= 11 is 1.46. The normalized spacial score (nSPS) is 17.6. The number of hydrogen-bond donors (Lipinski definition) is 1. The Bertz CT molecular complexity index is 888. The molecule has 2 aliphatic rings. The summed E-state index contributed by atoms with van der Waals surface area (Å²) in [5.74, 6) is 0.804. The van der Waals surface area contributed by atoms with E-state index in [0.717, 1.165) is 69.1 Å². The largest absolute Gasteiger partial charge is 0.496 e. The summed E-state index contributed by atoms with van der Waals surface area (Å²) in [5, 5.41) is 5.61. The van der Waals surface area contributed by atoms with E-state index in [0.29, 0.717) is 5.13 Å². The number of anilines is 1. The van der Waals surface area contributed by atoms with Crippen LogP contribution in [0.4, 0.5) is 9.93 Å². The summed E-state index contributed by atoms with van der Waals surface area (Å²) < 4.78 is 5.54. The Hall–Kier alpha value is -2.16. The van der Waals surface area contributed by atoms with Gasteiger partial charge in [0.1, 0.15) is 5.75 Å². The van der Waals surface area contributed by atoms with Crippen LogP contribution in [0.2, 0.25) is 0 Å². The average Bonchev–Trinajstić information content (AvgIpc) is 3.50. The van der Waals surface area contributed by atoms with Gasteiger partial charge in [-0.3, -0.25) is 10.2 Å². The van der Waals surface area contributed by atoms with E-state index in [9.17, 15) is 4.79 Å². The van der Waals surface area contributed by atoms with Crippen LogP contribution in [0.5, 0.6) is 5.75 Å². The molecule has 0 spiro atoms. The number of hydrogen-bond acceptors (Lipinski definition) is 6. The molecule has 2 amide bonds. The monoisotopic (exact) mass is 457 g/mol. The lowest BCUT2D eigenvalue weighted by Gasteiger charge is -2.35. The molecule has 0 aliphatic carbocycles. The summed E-state index contributed by atoms with van der Waals surface area (Å²) in [6.45, 7) is 10.3. The summed E-state index contributed by atoms with van der Waals surface area (Å²) in [5.41, 5.74) is 3.08. The predicted molar refractivity (Wildman–Crippen MR) is 131 cm³/mol. The summed E-state index contributed by atoms with van der Waals surface area (Å²) in [7, 11) is 1.68. The van der Waals surface area contributed by atoms with E-state index in [-0.39, 0.29) is 6.03 Å². The van der Waals surface area contributed by atoms with Crippen LogP contribution in [0.25, 0.3) is 11.3 Å². The maximum absolute atomic E-state index is 12.8. The Morgan fingerprint density at radius 2 is 1.81 bits per heavy atom. The van der Waals surface area contributed by atoms with Crippen molar-refractivity contribution in [3.05, 3.63) is 29.1 Å². The molecule has 0 atom stereocenters. The third-order valence-electron chi connectivity index (χ3n) is 6.39. The molecule has 8 heteroatoms. The summed E-state index contributed by atoms with van der Waals surface area (Å²) in [6.07, 6.45) is 4.79. The van der Waals surface area contributed by atoms with E-state index >= 15 is 0 Å². The van der Waals surface area contributed by atoms with E-state index < -0.39 is 0 Å². The Balaban J connectivity index is 1.30. The van der Waals surface area contributed by atoms with Gasteiger partial charge in [0.25, 0.3) is 0 Å². The van der Waals surface area contributed by atoms with Gasteiger partial charge in [-0.1, -0.05) is 19.4 Å². The molecule has 4 rings (SSSR count). The first-order valence-corrected chi connectivity index (χ1v) is 12.7. The number of benzene rings is 1. The van der Waals surface area contributed by atoms with Crippen molar-refractivity contribution in [2.45, 2.75) is 32.6 Å². The smallest absolute Gasteiger partial charge is 0.323 e. The molecular formula is C24H35N5O2S. The van der Waals surface area contributed by atoms with Crippen molar-refractivity contribution in [3.8, 4) is 17.0 Å². The number of aromatic nitrogens is 1. The Morgan fingerprint density at radius 3 is 2.50 bits per heavy atom. The minimum Gasteiger partial charge on any atom is -0.496 e. The zero-order chi connectivity index (χ0) is 22.3. The number of piperazine rings is 1. The minimum absolute atomic E-state index is 0.0585. The molecule has 1 aromatic carbocycles. The summed E-state index contributed by atoms with van der Waals surface area (Å²) in [6, 6.07) is 6.19. The van der Waals surface area contributed by atoms with Crippen LogP contribution in [0.15, 0.2) is 23.6 Å². The molecule has 174 valence electrons. The van der Waals surface area contributed by atoms with Crippen LogP contribution in [-0.2, 0) is 6.42 Å². The van der Waals surface area contributed by atoms with Crippen molar-refractivity contribution in [2.24, 2.45) is 0 Å². The molecule has 0 unspecified atom stereocenters. The van der Waals surface area contributed by atoms with Crippen LogP contribution < -0.4 is 10.1 Å². The zero-order valence-corrected chi connectivity index (χ0v) is 20.1. The van der Waals surface area contributed by atoms with Gasteiger partial charge in [-0.15, -0.1) is 11.3 Å². The molecule has 0 radical (unpaired) electrons. The standard InChI is InChI=1S/C24H35N5O2S/c1-3-6-19-7-8-22(31-2)20(17-19)21-18-32-23(25-21)26-24(30)29-15-13-28(14-16-29)12-11-27-9-4-5-10-27/h7-8,17-18H,3-6,9-16H2,1-2H3,(H,25,26,30). The van der Waals surface area contributed by atoms with Crippen molar-refractivity contribution in [2.75, 3.05) is 64.8 Å². The van der Waals surface area contributed by atoms with Gasteiger partial charge in [0, 0.05) is 50.2 Å². The minimum atomic E-state index is -0.0585. The fourth-order valence-corrected chi connectivity index (χ4v) is 5.19. The SMILES string of the molecule is CCCc1ccc(OC)c(-c2csc(NC(=O)N3CCN(CCN4CCCC4)CC3)n2)c1. The number of amides is 2. The number of thiazole rings is 1. The van der Waals surface area contributed by atoms with E-state index in [2.05, 4.69) is 39.2 Å². The van der Waals surface area contributed by atoms with Gasteiger partial charge >= 0.3 is 6.03 Å². The number of urea groups is 1. The third-order valence-corrected chi connectivity index (χ3v) is 7.14. The number of nitrogens with one attached hydrogen (secondary N) is 1. The molecule has 1 N–H and O–H groups in total. The van der Waals surface area contributed by atoms with Gasteiger partial charge in [0.2, 0.25) is 0 Å². The first-order valence-electron chi connectivity index (χ1n) is 11.8. The number of aryl methyl sites for hydroxylation is 1. The molecule has 2 aromatic rings. The quantitative estimate of drug-likeness (QED) is 0.649. The number of carbonyl (C=O) groups is 1. The molecule has 0 bridgehead atoms. The molecule has 2 fully saturated rings. The lowest BCUT2D eigenvalue weighted by atomic mass is 10.0. The van der Waals surface area contributed by atoms with E-state index in [1.807, 2.05) is 16.3 Å². The first-order chi connectivity index (χ1) is 15.7. The Morgan fingerprint density at radius 1 is 1.09 bits per heavy atom. The first kappa shape index (κ1) is 23.0. The van der Waals surface area contributed by atoms with E-state index in [1.54, 1.807) is 7.11 Å². The molecular weight excluding hydrogens is 422 g/mol. The van der Waals surface area contributed by atoms with Gasteiger partial charge in [-0.25, -0.2) is 9.78 Å². The van der Waals surface area contributed by atoms with Crippen LogP contribution >= 0.6 is 11.3 Å². The lowest BCUT2D eigenvalue weighted by Crippen LogP contribution is -2.51. The number of rotatable bonds is 8. The Kier molecular flexibility index (Phi) is 8.00. The molecule has 2 aliphatic heterocycles. The molecule has 1 aromatic heterocycles. The van der Waals surface area contributed by atoms with E-state index in [4.69, 9.17) is 4.74 Å². The van der Waals surface area contributed by atoms with Crippen molar-refractivity contribution in [1.29, 1.82) is 0 Å².